The highest BCUT2D eigenvalue weighted by atomic mass is 16.5. The number of ether oxygens (including phenoxy) is 1. The third-order valence-corrected chi connectivity index (χ3v) is 3.88. The molecule has 0 aliphatic carbocycles. The van der Waals surface area contributed by atoms with Crippen molar-refractivity contribution in [3.63, 3.8) is 0 Å². The smallest absolute Gasteiger partial charge is 0.130 e. The summed E-state index contributed by atoms with van der Waals surface area (Å²) in [4.78, 5) is 4.61. The van der Waals surface area contributed by atoms with Gasteiger partial charge in [0, 0.05) is 23.1 Å². The Balaban J connectivity index is 2.02. The minimum atomic E-state index is 0.786. The van der Waals surface area contributed by atoms with Gasteiger partial charge in [0.15, 0.2) is 0 Å². The van der Waals surface area contributed by atoms with Gasteiger partial charge in [-0.2, -0.15) is 0 Å². The molecule has 0 spiro atoms. The molecule has 1 aromatic heterocycles. The lowest BCUT2D eigenvalue weighted by Gasteiger charge is -2.11. The van der Waals surface area contributed by atoms with E-state index in [9.17, 15) is 0 Å². The number of benzene rings is 2. The summed E-state index contributed by atoms with van der Waals surface area (Å²) in [6.45, 7) is 2.81. The highest BCUT2D eigenvalue weighted by Crippen LogP contribution is 2.39. The van der Waals surface area contributed by atoms with Crippen molar-refractivity contribution in [3.05, 3.63) is 59.8 Å². The number of rotatable bonds is 1. The Bertz CT molecular complexity index is 808. The average molecular weight is 261 g/mol. The van der Waals surface area contributed by atoms with Gasteiger partial charge in [-0.3, -0.25) is 4.98 Å². The van der Waals surface area contributed by atoms with E-state index < -0.39 is 0 Å². The fourth-order valence-electron chi connectivity index (χ4n) is 2.92. The summed E-state index contributed by atoms with van der Waals surface area (Å²) >= 11 is 0. The van der Waals surface area contributed by atoms with E-state index >= 15 is 0 Å². The molecule has 0 saturated carbocycles. The highest BCUT2D eigenvalue weighted by Gasteiger charge is 2.18. The van der Waals surface area contributed by atoms with Crippen LogP contribution in [0, 0.1) is 6.92 Å². The zero-order chi connectivity index (χ0) is 13.5. The Morgan fingerprint density at radius 1 is 0.950 bits per heavy atom. The van der Waals surface area contributed by atoms with E-state index in [0.29, 0.717) is 0 Å². The molecule has 3 aromatic rings. The lowest BCUT2D eigenvalue weighted by molar-refractivity contribution is 0.358. The molecular formula is C18H15NO. The van der Waals surface area contributed by atoms with Crippen molar-refractivity contribution in [2.75, 3.05) is 6.61 Å². The first-order valence-corrected chi connectivity index (χ1v) is 6.94. The molecular weight excluding hydrogens is 246 g/mol. The molecule has 2 aromatic carbocycles. The first-order valence-electron chi connectivity index (χ1n) is 6.94. The predicted molar refractivity (Wildman–Crippen MR) is 81.1 cm³/mol. The molecule has 0 amide bonds. The van der Waals surface area contributed by atoms with Gasteiger partial charge in [0.05, 0.1) is 12.1 Å². The molecule has 0 radical (unpaired) electrons. The maximum Gasteiger partial charge on any atom is 0.130 e. The van der Waals surface area contributed by atoms with E-state index in [2.05, 4.69) is 53.5 Å². The first kappa shape index (κ1) is 11.5. The fourth-order valence-corrected chi connectivity index (χ4v) is 2.92. The monoisotopic (exact) mass is 261 g/mol. The largest absolute Gasteiger partial charge is 0.492 e. The van der Waals surface area contributed by atoms with Crippen LogP contribution in [-0.2, 0) is 6.42 Å². The van der Waals surface area contributed by atoms with E-state index in [1.54, 1.807) is 0 Å². The Hall–Kier alpha value is -2.35. The lowest BCUT2D eigenvalue weighted by Crippen LogP contribution is -1.90. The van der Waals surface area contributed by atoms with Crippen molar-refractivity contribution in [3.8, 4) is 16.9 Å². The van der Waals surface area contributed by atoms with Crippen LogP contribution in [0.5, 0.6) is 5.75 Å². The second-order valence-corrected chi connectivity index (χ2v) is 5.22. The van der Waals surface area contributed by atoms with Gasteiger partial charge < -0.3 is 4.74 Å². The maximum atomic E-state index is 5.84. The van der Waals surface area contributed by atoms with E-state index in [0.717, 1.165) is 30.0 Å². The second-order valence-electron chi connectivity index (χ2n) is 5.22. The summed E-state index contributed by atoms with van der Waals surface area (Å²) < 4.78 is 5.84. The first-order chi connectivity index (χ1) is 9.83. The standard InChI is InChI=1S/C18H15NO/c1-12-8-9-15-14(5-3-7-17(15)19-12)16-6-2-4-13-10-11-20-18(13)16/h2-9H,10-11H2,1H3. The van der Waals surface area contributed by atoms with Crippen molar-refractivity contribution in [1.82, 2.24) is 4.98 Å². The Morgan fingerprint density at radius 3 is 2.75 bits per heavy atom. The highest BCUT2D eigenvalue weighted by molar-refractivity contribution is 5.96. The van der Waals surface area contributed by atoms with Crippen LogP contribution in [0.4, 0.5) is 0 Å². The summed E-state index contributed by atoms with van der Waals surface area (Å²) in [7, 11) is 0. The van der Waals surface area contributed by atoms with Gasteiger partial charge >= 0.3 is 0 Å². The van der Waals surface area contributed by atoms with Crippen LogP contribution < -0.4 is 4.74 Å². The maximum absolute atomic E-state index is 5.84. The van der Waals surface area contributed by atoms with Crippen LogP contribution in [0.1, 0.15) is 11.3 Å². The number of pyridine rings is 1. The zero-order valence-electron chi connectivity index (χ0n) is 11.4. The molecule has 98 valence electrons. The van der Waals surface area contributed by atoms with Crippen molar-refractivity contribution in [2.24, 2.45) is 0 Å². The van der Waals surface area contributed by atoms with Crippen LogP contribution in [0.15, 0.2) is 48.5 Å². The van der Waals surface area contributed by atoms with Gasteiger partial charge in [-0.1, -0.05) is 36.4 Å². The SMILES string of the molecule is Cc1ccc2c(-c3cccc4c3OCC4)cccc2n1. The minimum Gasteiger partial charge on any atom is -0.492 e. The molecule has 2 nitrogen and oxygen atoms in total. The van der Waals surface area contributed by atoms with Gasteiger partial charge in [-0.25, -0.2) is 0 Å². The van der Waals surface area contributed by atoms with Gasteiger partial charge in [0.1, 0.15) is 5.75 Å². The van der Waals surface area contributed by atoms with Crippen molar-refractivity contribution >= 4 is 10.9 Å². The molecule has 1 aliphatic heterocycles. The molecule has 0 fully saturated rings. The minimum absolute atomic E-state index is 0.786. The quantitative estimate of drug-likeness (QED) is 0.656. The van der Waals surface area contributed by atoms with Gasteiger partial charge in [0.25, 0.3) is 0 Å². The summed E-state index contributed by atoms with van der Waals surface area (Å²) in [5.41, 5.74) is 5.77. The Kier molecular flexibility index (Phi) is 2.49. The molecule has 4 rings (SSSR count). The topological polar surface area (TPSA) is 22.1 Å². The van der Waals surface area contributed by atoms with E-state index in [-0.39, 0.29) is 0 Å². The summed E-state index contributed by atoms with van der Waals surface area (Å²) in [5.74, 6) is 1.04. The molecule has 20 heavy (non-hydrogen) atoms. The summed E-state index contributed by atoms with van der Waals surface area (Å²) in [6.07, 6.45) is 1.01. The number of fused-ring (bicyclic) bond motifs is 2. The molecule has 0 N–H and O–H groups in total. The van der Waals surface area contributed by atoms with Gasteiger partial charge in [-0.05, 0) is 30.2 Å². The lowest BCUT2D eigenvalue weighted by atomic mass is 9.97. The number of hydrogen-bond donors (Lipinski definition) is 0. The number of aryl methyl sites for hydroxylation is 1. The van der Waals surface area contributed by atoms with E-state index in [1.807, 2.05) is 6.92 Å². The molecule has 2 heteroatoms. The summed E-state index contributed by atoms with van der Waals surface area (Å²) in [5, 5.41) is 1.18. The molecule has 0 bridgehead atoms. The van der Waals surface area contributed by atoms with Crippen molar-refractivity contribution in [1.29, 1.82) is 0 Å². The normalized spacial score (nSPS) is 13.2. The van der Waals surface area contributed by atoms with E-state index in [1.165, 1.54) is 22.1 Å². The van der Waals surface area contributed by atoms with Crippen LogP contribution in [-0.4, -0.2) is 11.6 Å². The predicted octanol–water partition coefficient (Wildman–Crippen LogP) is 4.15. The van der Waals surface area contributed by atoms with Gasteiger partial charge in [0.2, 0.25) is 0 Å². The molecule has 0 saturated heterocycles. The van der Waals surface area contributed by atoms with E-state index in [4.69, 9.17) is 4.74 Å². The molecule has 1 aliphatic rings. The molecule has 2 heterocycles. The molecule has 0 unspecified atom stereocenters. The van der Waals surface area contributed by atoms with Crippen LogP contribution in [0.2, 0.25) is 0 Å². The average Bonchev–Trinajstić information content (AvgIpc) is 2.94. The number of aromatic nitrogens is 1. The van der Waals surface area contributed by atoms with Crippen molar-refractivity contribution in [2.45, 2.75) is 13.3 Å². The number of nitrogens with zero attached hydrogens (tertiary/aromatic N) is 1. The number of para-hydroxylation sites is 1. The zero-order valence-corrected chi connectivity index (χ0v) is 11.4. The van der Waals surface area contributed by atoms with Crippen LogP contribution >= 0.6 is 0 Å². The molecule has 0 atom stereocenters. The summed E-state index contributed by atoms with van der Waals surface area (Å²) in [6, 6.07) is 16.9. The Morgan fingerprint density at radius 2 is 1.80 bits per heavy atom. The van der Waals surface area contributed by atoms with Crippen LogP contribution in [0.3, 0.4) is 0 Å². The fraction of sp³-hybridized carbons (Fsp3) is 0.167. The third kappa shape index (κ3) is 1.68. The van der Waals surface area contributed by atoms with Crippen LogP contribution in [0.25, 0.3) is 22.0 Å². The van der Waals surface area contributed by atoms with Gasteiger partial charge in [-0.15, -0.1) is 0 Å². The Labute approximate surface area is 118 Å². The number of hydrogen-bond acceptors (Lipinski definition) is 2. The second kappa shape index (κ2) is 4.34. The van der Waals surface area contributed by atoms with Crippen molar-refractivity contribution < 1.29 is 4.74 Å². The third-order valence-electron chi connectivity index (χ3n) is 3.88.